The lowest BCUT2D eigenvalue weighted by Crippen LogP contribution is -2.21. The summed E-state index contributed by atoms with van der Waals surface area (Å²) in [6, 6.07) is 29.9. The van der Waals surface area contributed by atoms with E-state index in [2.05, 4.69) is 27.7 Å². The molecule has 0 spiro atoms. The molecule has 1 atom stereocenters. The zero-order chi connectivity index (χ0) is 19.2. The number of hydrogen-bond donors (Lipinski definition) is 1. The number of rotatable bonds is 5. The van der Waals surface area contributed by atoms with Gasteiger partial charge in [-0.1, -0.05) is 103 Å². The van der Waals surface area contributed by atoms with Crippen LogP contribution in [0.1, 0.15) is 21.9 Å². The molecule has 1 aliphatic heterocycles. The second-order valence-corrected chi connectivity index (χ2v) is 7.47. The largest absolute Gasteiger partial charge is 0.302 e. The molecule has 4 nitrogen and oxygen atoms in total. The molecular formula is C23H19N3OS. The van der Waals surface area contributed by atoms with Gasteiger partial charge in [0.2, 0.25) is 5.91 Å². The minimum Gasteiger partial charge on any atom is -0.302 e. The summed E-state index contributed by atoms with van der Waals surface area (Å²) in [4.78, 5) is 12.3. The molecule has 1 fully saturated rings. The standard InChI is InChI=1S/C23H19N3OS/c27-22-21(19-14-8-3-9-15-19)28-23(24-22)26-25-20(18-12-6-2-7-13-18)16-17-10-4-1-5-11-17/h1-15,21H,16H2,(H,24,26,27). The van der Waals surface area contributed by atoms with Crippen molar-refractivity contribution in [1.29, 1.82) is 0 Å². The molecule has 0 aliphatic carbocycles. The highest BCUT2D eigenvalue weighted by Crippen LogP contribution is 2.34. The van der Waals surface area contributed by atoms with Crippen LogP contribution in [0.25, 0.3) is 0 Å². The van der Waals surface area contributed by atoms with Crippen molar-refractivity contribution >= 4 is 28.5 Å². The number of nitrogens with one attached hydrogen (secondary N) is 1. The summed E-state index contributed by atoms with van der Waals surface area (Å²) in [5, 5.41) is 11.9. The van der Waals surface area contributed by atoms with Crippen LogP contribution in [-0.2, 0) is 11.2 Å². The number of nitrogens with zero attached hydrogens (tertiary/aromatic N) is 2. The molecule has 3 aromatic rings. The quantitative estimate of drug-likeness (QED) is 0.516. The van der Waals surface area contributed by atoms with E-state index < -0.39 is 0 Å². The van der Waals surface area contributed by atoms with Gasteiger partial charge < -0.3 is 5.32 Å². The smallest absolute Gasteiger partial charge is 0.244 e. The first kappa shape index (κ1) is 18.2. The van der Waals surface area contributed by atoms with E-state index in [1.165, 1.54) is 11.8 Å². The van der Waals surface area contributed by atoms with Gasteiger partial charge in [-0.25, -0.2) is 0 Å². The van der Waals surface area contributed by atoms with Crippen LogP contribution in [0.5, 0.6) is 0 Å². The minimum absolute atomic E-state index is 0.0607. The van der Waals surface area contributed by atoms with Gasteiger partial charge >= 0.3 is 0 Å². The summed E-state index contributed by atoms with van der Waals surface area (Å²) in [6.07, 6.45) is 0.669. The van der Waals surface area contributed by atoms with Crippen molar-refractivity contribution < 1.29 is 4.79 Å². The van der Waals surface area contributed by atoms with E-state index in [9.17, 15) is 4.79 Å². The average Bonchev–Trinajstić information content (AvgIpc) is 3.13. The molecule has 1 saturated heterocycles. The number of benzene rings is 3. The van der Waals surface area contributed by atoms with Crippen molar-refractivity contribution in [3.05, 3.63) is 108 Å². The van der Waals surface area contributed by atoms with Gasteiger partial charge in [0, 0.05) is 6.42 Å². The number of hydrogen-bond acceptors (Lipinski definition) is 4. The molecule has 1 aliphatic rings. The van der Waals surface area contributed by atoms with E-state index in [1.807, 2.05) is 78.9 Å². The van der Waals surface area contributed by atoms with Gasteiger partial charge in [0.1, 0.15) is 5.25 Å². The maximum Gasteiger partial charge on any atom is 0.244 e. The Morgan fingerprint density at radius 2 is 1.46 bits per heavy atom. The van der Waals surface area contributed by atoms with Crippen LogP contribution in [-0.4, -0.2) is 16.8 Å². The first-order chi connectivity index (χ1) is 13.8. The SMILES string of the molecule is O=C1N/C(=N/N=C(Cc2ccccc2)c2ccccc2)SC1c1ccccc1. The summed E-state index contributed by atoms with van der Waals surface area (Å²) in [5.74, 6) is -0.0607. The summed E-state index contributed by atoms with van der Waals surface area (Å²) in [6.45, 7) is 0. The monoisotopic (exact) mass is 385 g/mol. The van der Waals surface area contributed by atoms with E-state index in [1.54, 1.807) is 0 Å². The molecule has 1 amide bonds. The number of thioether (sulfide) groups is 1. The molecule has 1 unspecified atom stereocenters. The highest BCUT2D eigenvalue weighted by molar-refractivity contribution is 8.15. The number of amides is 1. The lowest BCUT2D eigenvalue weighted by Gasteiger charge is -2.06. The van der Waals surface area contributed by atoms with Crippen LogP contribution < -0.4 is 5.32 Å². The molecular weight excluding hydrogens is 366 g/mol. The van der Waals surface area contributed by atoms with Crippen LogP contribution in [0.2, 0.25) is 0 Å². The summed E-state index contributed by atoms with van der Waals surface area (Å²) >= 11 is 1.40. The van der Waals surface area contributed by atoms with Crippen LogP contribution in [0.3, 0.4) is 0 Å². The normalized spacial score (nSPS) is 18.3. The Morgan fingerprint density at radius 1 is 0.857 bits per heavy atom. The minimum atomic E-state index is -0.288. The summed E-state index contributed by atoms with van der Waals surface area (Å²) in [5.41, 5.74) is 4.00. The van der Waals surface area contributed by atoms with Crippen molar-refractivity contribution in [2.45, 2.75) is 11.7 Å². The third-order valence-electron chi connectivity index (χ3n) is 4.38. The van der Waals surface area contributed by atoms with Gasteiger partial charge in [-0.05, 0) is 16.7 Å². The van der Waals surface area contributed by atoms with Crippen molar-refractivity contribution in [1.82, 2.24) is 5.32 Å². The predicted octanol–water partition coefficient (Wildman–Crippen LogP) is 4.59. The number of amidine groups is 1. The van der Waals surface area contributed by atoms with E-state index in [0.717, 1.165) is 22.4 Å². The highest BCUT2D eigenvalue weighted by Gasteiger charge is 2.31. The third-order valence-corrected chi connectivity index (χ3v) is 5.51. The lowest BCUT2D eigenvalue weighted by atomic mass is 10.0. The van der Waals surface area contributed by atoms with Crippen LogP contribution in [0, 0.1) is 0 Å². The van der Waals surface area contributed by atoms with Crippen LogP contribution >= 0.6 is 11.8 Å². The molecule has 138 valence electrons. The van der Waals surface area contributed by atoms with E-state index in [0.29, 0.717) is 11.6 Å². The Kier molecular flexibility index (Phi) is 5.64. The topological polar surface area (TPSA) is 53.8 Å². The van der Waals surface area contributed by atoms with Crippen molar-refractivity contribution in [2.24, 2.45) is 10.2 Å². The van der Waals surface area contributed by atoms with E-state index >= 15 is 0 Å². The number of carbonyl (C=O) groups is 1. The lowest BCUT2D eigenvalue weighted by molar-refractivity contribution is -0.118. The molecule has 0 bridgehead atoms. The zero-order valence-corrected chi connectivity index (χ0v) is 16.0. The van der Waals surface area contributed by atoms with Gasteiger partial charge in [0.05, 0.1) is 5.71 Å². The second-order valence-electron chi connectivity index (χ2n) is 6.38. The Balaban J connectivity index is 1.59. The van der Waals surface area contributed by atoms with Crippen LogP contribution in [0.15, 0.2) is 101 Å². The van der Waals surface area contributed by atoms with Gasteiger partial charge in [-0.3, -0.25) is 4.79 Å². The predicted molar refractivity (Wildman–Crippen MR) is 115 cm³/mol. The fourth-order valence-corrected chi connectivity index (χ4v) is 3.91. The van der Waals surface area contributed by atoms with Gasteiger partial charge in [0.15, 0.2) is 5.17 Å². The second kappa shape index (κ2) is 8.67. The Bertz CT molecular complexity index is 1000. The molecule has 5 heteroatoms. The molecule has 3 aromatic carbocycles. The Labute approximate surface area is 168 Å². The average molecular weight is 385 g/mol. The van der Waals surface area contributed by atoms with Crippen molar-refractivity contribution in [3.8, 4) is 0 Å². The van der Waals surface area contributed by atoms with E-state index in [-0.39, 0.29) is 11.2 Å². The number of carbonyl (C=O) groups excluding carboxylic acids is 1. The van der Waals surface area contributed by atoms with Crippen molar-refractivity contribution in [2.75, 3.05) is 0 Å². The Hall–Kier alpha value is -3.18. The highest BCUT2D eigenvalue weighted by atomic mass is 32.2. The fourth-order valence-electron chi connectivity index (χ4n) is 2.98. The van der Waals surface area contributed by atoms with Crippen molar-refractivity contribution in [3.63, 3.8) is 0 Å². The Morgan fingerprint density at radius 3 is 2.14 bits per heavy atom. The van der Waals surface area contributed by atoms with Gasteiger partial charge in [0.25, 0.3) is 0 Å². The van der Waals surface area contributed by atoms with Gasteiger partial charge in [-0.15, -0.1) is 5.10 Å². The molecule has 1 N–H and O–H groups in total. The van der Waals surface area contributed by atoms with E-state index in [4.69, 9.17) is 0 Å². The van der Waals surface area contributed by atoms with Crippen LogP contribution in [0.4, 0.5) is 0 Å². The molecule has 4 rings (SSSR count). The maximum atomic E-state index is 12.3. The summed E-state index contributed by atoms with van der Waals surface area (Å²) in [7, 11) is 0. The molecule has 1 heterocycles. The third kappa shape index (κ3) is 4.38. The first-order valence-corrected chi connectivity index (χ1v) is 9.94. The zero-order valence-electron chi connectivity index (χ0n) is 15.2. The first-order valence-electron chi connectivity index (χ1n) is 9.06. The fraction of sp³-hybridized carbons (Fsp3) is 0.0870. The van der Waals surface area contributed by atoms with Gasteiger partial charge in [-0.2, -0.15) is 5.10 Å². The molecule has 0 aromatic heterocycles. The molecule has 0 radical (unpaired) electrons. The summed E-state index contributed by atoms with van der Waals surface area (Å²) < 4.78 is 0. The molecule has 28 heavy (non-hydrogen) atoms. The maximum absolute atomic E-state index is 12.3. The molecule has 0 saturated carbocycles.